The number of hydrogen-bond donors (Lipinski definition) is 2. The molecule has 0 fully saturated rings. The van der Waals surface area contributed by atoms with Crippen LogP contribution < -0.4 is 19.5 Å². The number of methoxy groups -OCH3 is 2. The highest BCUT2D eigenvalue weighted by Gasteiger charge is 2.14. The van der Waals surface area contributed by atoms with Crippen LogP contribution in [-0.4, -0.2) is 34.3 Å². The van der Waals surface area contributed by atoms with E-state index in [-0.39, 0.29) is 17.5 Å². The predicted molar refractivity (Wildman–Crippen MR) is 116 cm³/mol. The van der Waals surface area contributed by atoms with Crippen LogP contribution in [0.3, 0.4) is 0 Å². The first-order valence-electron chi connectivity index (χ1n) is 8.85. The van der Waals surface area contributed by atoms with Gasteiger partial charge in [0.05, 0.1) is 24.9 Å². The quantitative estimate of drug-likeness (QED) is 0.405. The first-order valence-corrected chi connectivity index (χ1v) is 9.64. The third-order valence-electron chi connectivity index (χ3n) is 4.24. The van der Waals surface area contributed by atoms with Crippen molar-refractivity contribution in [1.29, 1.82) is 0 Å². The Balaban J connectivity index is 1.65. The van der Waals surface area contributed by atoms with Crippen molar-refractivity contribution in [3.8, 4) is 29.0 Å². The second-order valence-electron chi connectivity index (χ2n) is 6.14. The van der Waals surface area contributed by atoms with E-state index in [9.17, 15) is 5.11 Å². The summed E-state index contributed by atoms with van der Waals surface area (Å²) in [5, 5.41) is 14.2. The van der Waals surface area contributed by atoms with Crippen molar-refractivity contribution in [3.05, 3.63) is 59.3 Å². The normalized spacial score (nSPS) is 10.6. The Labute approximate surface area is 180 Å². The smallest absolute Gasteiger partial charge is 0.324 e. The van der Waals surface area contributed by atoms with Gasteiger partial charge in [0.2, 0.25) is 5.75 Å². The molecule has 2 heterocycles. The zero-order chi connectivity index (χ0) is 21.1. The summed E-state index contributed by atoms with van der Waals surface area (Å²) in [5.41, 5.74) is 1.26. The van der Waals surface area contributed by atoms with E-state index in [1.54, 1.807) is 24.5 Å². The first kappa shape index (κ1) is 19.7. The number of para-hydroxylation sites is 1. The number of halogens is 1. The zero-order valence-electron chi connectivity index (χ0n) is 16.1. The van der Waals surface area contributed by atoms with Crippen LogP contribution >= 0.6 is 15.9 Å². The molecule has 0 atom stereocenters. The van der Waals surface area contributed by atoms with Crippen LogP contribution in [0.4, 0.5) is 11.5 Å². The van der Waals surface area contributed by atoms with Crippen LogP contribution in [0.2, 0.25) is 0 Å². The lowest BCUT2D eigenvalue weighted by Gasteiger charge is -2.14. The molecule has 0 saturated carbocycles. The van der Waals surface area contributed by atoms with Gasteiger partial charge in [0, 0.05) is 29.4 Å². The van der Waals surface area contributed by atoms with Crippen molar-refractivity contribution < 1.29 is 19.3 Å². The van der Waals surface area contributed by atoms with Crippen LogP contribution in [0, 0.1) is 0 Å². The molecule has 0 unspecified atom stereocenters. The van der Waals surface area contributed by atoms with Crippen LogP contribution in [0.25, 0.3) is 10.9 Å². The molecule has 0 bridgehead atoms. The van der Waals surface area contributed by atoms with Crippen molar-refractivity contribution in [1.82, 2.24) is 15.0 Å². The second-order valence-corrected chi connectivity index (χ2v) is 6.99. The molecule has 4 aromatic rings. The van der Waals surface area contributed by atoms with E-state index >= 15 is 0 Å². The molecule has 152 valence electrons. The molecule has 2 aromatic carbocycles. The minimum Gasteiger partial charge on any atom is -0.504 e. The van der Waals surface area contributed by atoms with Gasteiger partial charge in [-0.2, -0.15) is 4.98 Å². The van der Waals surface area contributed by atoms with Crippen molar-refractivity contribution in [2.75, 3.05) is 19.5 Å². The maximum absolute atomic E-state index is 10.2. The van der Waals surface area contributed by atoms with Gasteiger partial charge in [0.25, 0.3) is 0 Å². The molecule has 30 heavy (non-hydrogen) atoms. The second kappa shape index (κ2) is 8.42. The third-order valence-corrected chi connectivity index (χ3v) is 4.82. The Hall–Kier alpha value is -3.59. The molecule has 2 N–H and O–H groups in total. The summed E-state index contributed by atoms with van der Waals surface area (Å²) < 4.78 is 16.9. The Morgan fingerprint density at radius 3 is 2.63 bits per heavy atom. The summed E-state index contributed by atoms with van der Waals surface area (Å²) in [6.07, 6.45) is 3.28. The summed E-state index contributed by atoms with van der Waals surface area (Å²) >= 11 is 3.42. The standard InChI is InChI=1S/C21H17BrN4O4/c1-28-17-10-13(9-15(27)19(17)29-2)25-20-14(22)11-24-21(26-20)30-16-7-3-5-12-6-4-8-23-18(12)16/h3-11,27H,1-2H3,(H,24,25,26). The fourth-order valence-corrected chi connectivity index (χ4v) is 3.19. The number of nitrogens with one attached hydrogen (secondary N) is 1. The number of aromatic nitrogens is 3. The number of phenols is 1. The number of nitrogens with zero attached hydrogens (tertiary/aromatic N) is 3. The van der Waals surface area contributed by atoms with E-state index in [0.717, 1.165) is 5.39 Å². The average Bonchev–Trinajstić information content (AvgIpc) is 2.76. The monoisotopic (exact) mass is 468 g/mol. The maximum Gasteiger partial charge on any atom is 0.324 e. The molecular formula is C21H17BrN4O4. The molecule has 2 aromatic heterocycles. The highest BCUT2D eigenvalue weighted by Crippen LogP contribution is 2.40. The van der Waals surface area contributed by atoms with E-state index in [1.807, 2.05) is 24.3 Å². The van der Waals surface area contributed by atoms with Crippen LogP contribution in [0.1, 0.15) is 0 Å². The lowest BCUT2D eigenvalue weighted by atomic mass is 10.2. The Bertz CT molecular complexity index is 1210. The Morgan fingerprint density at radius 2 is 1.83 bits per heavy atom. The molecule has 4 rings (SSSR count). The van der Waals surface area contributed by atoms with Crippen LogP contribution in [0.5, 0.6) is 29.0 Å². The summed E-state index contributed by atoms with van der Waals surface area (Å²) in [7, 11) is 2.95. The summed E-state index contributed by atoms with van der Waals surface area (Å²) in [5.74, 6) is 1.55. The van der Waals surface area contributed by atoms with Gasteiger partial charge in [0.1, 0.15) is 5.52 Å². The fraction of sp³-hybridized carbons (Fsp3) is 0.0952. The molecular weight excluding hydrogens is 452 g/mol. The van der Waals surface area contributed by atoms with E-state index < -0.39 is 0 Å². The number of ether oxygens (including phenoxy) is 3. The highest BCUT2D eigenvalue weighted by atomic mass is 79.9. The van der Waals surface area contributed by atoms with Gasteiger partial charge in [-0.1, -0.05) is 18.2 Å². The fourth-order valence-electron chi connectivity index (χ4n) is 2.90. The minimum absolute atomic E-state index is 0.0668. The highest BCUT2D eigenvalue weighted by molar-refractivity contribution is 9.10. The van der Waals surface area contributed by atoms with Crippen molar-refractivity contribution >= 4 is 38.3 Å². The van der Waals surface area contributed by atoms with Gasteiger partial charge in [0.15, 0.2) is 23.1 Å². The largest absolute Gasteiger partial charge is 0.504 e. The van der Waals surface area contributed by atoms with Crippen molar-refractivity contribution in [2.24, 2.45) is 0 Å². The number of phenolic OH excluding ortho intramolecular Hbond substituents is 1. The summed E-state index contributed by atoms with van der Waals surface area (Å²) in [6, 6.07) is 12.8. The topological polar surface area (TPSA) is 98.6 Å². The Kier molecular flexibility index (Phi) is 5.53. The lowest BCUT2D eigenvalue weighted by Crippen LogP contribution is -2.00. The number of fused-ring (bicyclic) bond motifs is 1. The zero-order valence-corrected chi connectivity index (χ0v) is 17.7. The number of aromatic hydroxyl groups is 1. The van der Waals surface area contributed by atoms with E-state index in [4.69, 9.17) is 14.2 Å². The van der Waals surface area contributed by atoms with Crippen molar-refractivity contribution in [2.45, 2.75) is 0 Å². The maximum atomic E-state index is 10.2. The molecule has 0 aliphatic carbocycles. The lowest BCUT2D eigenvalue weighted by molar-refractivity contribution is 0.333. The predicted octanol–water partition coefficient (Wildman–Crippen LogP) is 5.05. The number of hydrogen-bond acceptors (Lipinski definition) is 8. The SMILES string of the molecule is COc1cc(Nc2nc(Oc3cccc4cccnc34)ncc2Br)cc(O)c1OC. The molecule has 0 spiro atoms. The number of pyridine rings is 1. The van der Waals surface area contributed by atoms with Crippen LogP contribution in [-0.2, 0) is 0 Å². The molecule has 0 radical (unpaired) electrons. The van der Waals surface area contributed by atoms with Crippen LogP contribution in [0.15, 0.2) is 59.3 Å². The van der Waals surface area contributed by atoms with Gasteiger partial charge >= 0.3 is 6.01 Å². The summed E-state index contributed by atoms with van der Waals surface area (Å²) in [4.78, 5) is 13.0. The van der Waals surface area contributed by atoms with E-state index in [1.165, 1.54) is 20.3 Å². The van der Waals surface area contributed by atoms with Gasteiger partial charge in [-0.3, -0.25) is 4.98 Å². The molecule has 0 amide bonds. The molecule has 0 aliphatic rings. The number of benzene rings is 2. The van der Waals surface area contributed by atoms with E-state index in [2.05, 4.69) is 36.2 Å². The summed E-state index contributed by atoms with van der Waals surface area (Å²) in [6.45, 7) is 0. The average molecular weight is 469 g/mol. The first-order chi connectivity index (χ1) is 14.6. The minimum atomic E-state index is -0.0668. The van der Waals surface area contributed by atoms with Gasteiger partial charge in [-0.15, -0.1) is 0 Å². The molecule has 9 heteroatoms. The van der Waals surface area contributed by atoms with E-state index in [0.29, 0.717) is 33.0 Å². The molecule has 8 nitrogen and oxygen atoms in total. The van der Waals surface area contributed by atoms with Gasteiger partial charge in [-0.25, -0.2) is 4.98 Å². The van der Waals surface area contributed by atoms with Crippen molar-refractivity contribution in [3.63, 3.8) is 0 Å². The number of anilines is 2. The Morgan fingerprint density at radius 1 is 1.00 bits per heavy atom. The third kappa shape index (κ3) is 3.92. The molecule has 0 aliphatic heterocycles. The number of rotatable bonds is 6. The van der Waals surface area contributed by atoms with Gasteiger partial charge in [-0.05, 0) is 28.1 Å². The van der Waals surface area contributed by atoms with Gasteiger partial charge < -0.3 is 24.6 Å². The molecule has 0 saturated heterocycles.